The lowest BCUT2D eigenvalue weighted by Gasteiger charge is -2.11. The zero-order chi connectivity index (χ0) is 21.7. The van der Waals surface area contributed by atoms with Crippen LogP contribution in [0.1, 0.15) is 21.7 Å². The average Bonchev–Trinajstić information content (AvgIpc) is 3.15. The van der Waals surface area contributed by atoms with Crippen LogP contribution in [0.5, 0.6) is 0 Å². The van der Waals surface area contributed by atoms with Crippen LogP contribution in [0, 0.1) is 13.8 Å². The molecule has 2 N–H and O–H groups in total. The molecule has 0 bridgehead atoms. The Labute approximate surface area is 174 Å². The molecule has 11 heteroatoms. The van der Waals surface area contributed by atoms with Gasteiger partial charge in [-0.05, 0) is 66.2 Å². The van der Waals surface area contributed by atoms with E-state index >= 15 is 0 Å². The Hall–Kier alpha value is -3.15. The van der Waals surface area contributed by atoms with Crippen molar-refractivity contribution in [2.45, 2.75) is 18.7 Å². The van der Waals surface area contributed by atoms with Gasteiger partial charge in [-0.3, -0.25) is 4.79 Å². The summed E-state index contributed by atoms with van der Waals surface area (Å²) in [6.07, 6.45) is 0. The van der Waals surface area contributed by atoms with E-state index in [1.165, 1.54) is 31.4 Å². The highest BCUT2D eigenvalue weighted by Gasteiger charge is 2.15. The van der Waals surface area contributed by atoms with Gasteiger partial charge in [0.25, 0.3) is 5.91 Å². The second kappa shape index (κ2) is 9.11. The van der Waals surface area contributed by atoms with Crippen molar-refractivity contribution in [1.82, 2.24) is 24.9 Å². The van der Waals surface area contributed by atoms with E-state index in [4.69, 9.17) is 4.74 Å². The number of nitrogens with zero attached hydrogens (tertiary/aromatic N) is 4. The van der Waals surface area contributed by atoms with E-state index in [0.717, 1.165) is 11.3 Å². The summed E-state index contributed by atoms with van der Waals surface area (Å²) in [6, 6.07) is 11.1. The molecule has 0 aliphatic rings. The van der Waals surface area contributed by atoms with E-state index in [9.17, 15) is 13.2 Å². The first-order valence-corrected chi connectivity index (χ1v) is 10.6. The predicted octanol–water partition coefficient (Wildman–Crippen LogP) is 1.46. The third-order valence-corrected chi connectivity index (χ3v) is 5.82. The van der Waals surface area contributed by atoms with Gasteiger partial charge in [-0.15, -0.1) is 5.10 Å². The minimum atomic E-state index is -3.66. The molecule has 1 aromatic heterocycles. The van der Waals surface area contributed by atoms with Gasteiger partial charge in [0.2, 0.25) is 10.0 Å². The molecule has 1 heterocycles. The van der Waals surface area contributed by atoms with Crippen LogP contribution < -0.4 is 10.0 Å². The molecule has 3 rings (SSSR count). The maximum atomic E-state index is 12.6. The standard InChI is InChI=1S/C19H22N6O4S/c1-13-4-7-16(12-18(13)25-14(2)22-23-24-25)21-19(26)15-5-8-17(9-6-15)30(27,28)20-10-11-29-3/h4-9,12,20H,10-11H2,1-3H3,(H,21,26). The Balaban J connectivity index is 1.75. The van der Waals surface area contributed by atoms with Crippen molar-refractivity contribution in [2.75, 3.05) is 25.6 Å². The number of ether oxygens (including phenoxy) is 1. The number of methoxy groups -OCH3 is 1. The first-order valence-electron chi connectivity index (χ1n) is 9.08. The number of nitrogens with one attached hydrogen (secondary N) is 2. The molecule has 0 fully saturated rings. The second-order valence-corrected chi connectivity index (χ2v) is 8.28. The van der Waals surface area contributed by atoms with Gasteiger partial charge in [-0.25, -0.2) is 13.1 Å². The second-order valence-electron chi connectivity index (χ2n) is 6.51. The van der Waals surface area contributed by atoms with Gasteiger partial charge in [0.15, 0.2) is 5.82 Å². The third-order valence-electron chi connectivity index (χ3n) is 4.35. The van der Waals surface area contributed by atoms with Crippen molar-refractivity contribution in [2.24, 2.45) is 0 Å². The number of aromatic nitrogens is 4. The largest absolute Gasteiger partial charge is 0.383 e. The van der Waals surface area contributed by atoms with Gasteiger partial charge >= 0.3 is 0 Å². The van der Waals surface area contributed by atoms with Crippen LogP contribution in [0.25, 0.3) is 5.69 Å². The highest BCUT2D eigenvalue weighted by Crippen LogP contribution is 2.20. The van der Waals surface area contributed by atoms with Crippen molar-refractivity contribution < 1.29 is 17.9 Å². The topological polar surface area (TPSA) is 128 Å². The van der Waals surface area contributed by atoms with E-state index in [0.29, 0.717) is 17.1 Å². The molecular formula is C19H22N6O4S. The Bertz CT molecular complexity index is 1140. The van der Waals surface area contributed by atoms with Gasteiger partial charge in [0, 0.05) is 24.9 Å². The molecule has 2 aromatic carbocycles. The first-order chi connectivity index (χ1) is 14.3. The van der Waals surface area contributed by atoms with Crippen LogP contribution in [-0.4, -0.2) is 54.8 Å². The maximum absolute atomic E-state index is 12.6. The van der Waals surface area contributed by atoms with E-state index < -0.39 is 10.0 Å². The number of tetrazole rings is 1. The molecule has 158 valence electrons. The van der Waals surface area contributed by atoms with E-state index in [-0.39, 0.29) is 24.0 Å². The van der Waals surface area contributed by atoms with Crippen molar-refractivity contribution >= 4 is 21.6 Å². The number of carbonyl (C=O) groups excluding carboxylic acids is 1. The number of carbonyl (C=O) groups is 1. The molecule has 10 nitrogen and oxygen atoms in total. The molecule has 30 heavy (non-hydrogen) atoms. The Kier molecular flexibility index (Phi) is 6.55. The zero-order valence-corrected chi connectivity index (χ0v) is 17.6. The minimum Gasteiger partial charge on any atom is -0.383 e. The van der Waals surface area contributed by atoms with Crippen LogP contribution in [0.4, 0.5) is 5.69 Å². The van der Waals surface area contributed by atoms with E-state index in [2.05, 4.69) is 25.6 Å². The monoisotopic (exact) mass is 430 g/mol. The molecular weight excluding hydrogens is 408 g/mol. The number of rotatable bonds is 8. The molecule has 3 aromatic rings. The summed E-state index contributed by atoms with van der Waals surface area (Å²) in [6.45, 7) is 4.13. The number of aryl methyl sites for hydroxylation is 2. The maximum Gasteiger partial charge on any atom is 0.255 e. The van der Waals surface area contributed by atoms with E-state index in [1.807, 2.05) is 13.0 Å². The summed E-state index contributed by atoms with van der Waals surface area (Å²) in [5, 5.41) is 14.3. The van der Waals surface area contributed by atoms with Crippen molar-refractivity contribution in [3.63, 3.8) is 0 Å². The molecule has 0 aliphatic carbocycles. The van der Waals surface area contributed by atoms with Gasteiger partial charge in [-0.1, -0.05) is 6.07 Å². The Morgan fingerprint density at radius 2 is 1.87 bits per heavy atom. The highest BCUT2D eigenvalue weighted by atomic mass is 32.2. The fourth-order valence-electron chi connectivity index (χ4n) is 2.72. The number of amides is 1. The number of hydrogen-bond acceptors (Lipinski definition) is 7. The molecule has 0 radical (unpaired) electrons. The Morgan fingerprint density at radius 3 is 2.50 bits per heavy atom. The number of hydrogen-bond donors (Lipinski definition) is 2. The molecule has 0 aliphatic heterocycles. The lowest BCUT2D eigenvalue weighted by molar-refractivity contribution is 0.102. The van der Waals surface area contributed by atoms with Gasteiger partial charge in [0.1, 0.15) is 0 Å². The highest BCUT2D eigenvalue weighted by molar-refractivity contribution is 7.89. The Morgan fingerprint density at radius 1 is 1.13 bits per heavy atom. The first kappa shape index (κ1) is 21.6. The molecule has 0 spiro atoms. The normalized spacial score (nSPS) is 11.4. The van der Waals surface area contributed by atoms with Crippen molar-refractivity contribution in [3.8, 4) is 5.69 Å². The molecule has 0 atom stereocenters. The van der Waals surface area contributed by atoms with Crippen LogP contribution in [0.3, 0.4) is 0 Å². The summed E-state index contributed by atoms with van der Waals surface area (Å²) in [5.74, 6) is 0.256. The minimum absolute atomic E-state index is 0.0712. The van der Waals surface area contributed by atoms with Gasteiger partial charge in [-0.2, -0.15) is 4.68 Å². The summed E-state index contributed by atoms with van der Waals surface area (Å²) >= 11 is 0. The number of sulfonamides is 1. The molecule has 0 saturated carbocycles. The fourth-order valence-corrected chi connectivity index (χ4v) is 3.73. The fraction of sp³-hybridized carbons (Fsp3) is 0.263. The molecule has 0 saturated heterocycles. The third kappa shape index (κ3) is 4.87. The van der Waals surface area contributed by atoms with Crippen LogP contribution in [0.2, 0.25) is 0 Å². The van der Waals surface area contributed by atoms with Crippen LogP contribution >= 0.6 is 0 Å². The summed E-state index contributed by atoms with van der Waals surface area (Å²) in [5.41, 5.74) is 2.58. The number of anilines is 1. The predicted molar refractivity (Wildman–Crippen MR) is 110 cm³/mol. The molecule has 0 unspecified atom stereocenters. The summed E-state index contributed by atoms with van der Waals surface area (Å²) < 4.78 is 33.2. The lowest BCUT2D eigenvalue weighted by Crippen LogP contribution is -2.27. The lowest BCUT2D eigenvalue weighted by atomic mass is 10.1. The summed E-state index contributed by atoms with van der Waals surface area (Å²) in [7, 11) is -2.17. The number of benzene rings is 2. The summed E-state index contributed by atoms with van der Waals surface area (Å²) in [4.78, 5) is 12.7. The average molecular weight is 430 g/mol. The zero-order valence-electron chi connectivity index (χ0n) is 16.8. The van der Waals surface area contributed by atoms with Crippen LogP contribution in [0.15, 0.2) is 47.4 Å². The van der Waals surface area contributed by atoms with Gasteiger partial charge < -0.3 is 10.1 Å². The van der Waals surface area contributed by atoms with Crippen molar-refractivity contribution in [3.05, 3.63) is 59.4 Å². The van der Waals surface area contributed by atoms with Crippen LogP contribution in [-0.2, 0) is 14.8 Å². The smallest absolute Gasteiger partial charge is 0.255 e. The van der Waals surface area contributed by atoms with Crippen molar-refractivity contribution in [1.29, 1.82) is 0 Å². The molecule has 1 amide bonds. The van der Waals surface area contributed by atoms with E-state index in [1.54, 1.807) is 23.7 Å². The SMILES string of the molecule is COCCNS(=O)(=O)c1ccc(C(=O)Nc2ccc(C)c(-n3nnnc3C)c2)cc1. The quantitative estimate of drug-likeness (QED) is 0.518. The van der Waals surface area contributed by atoms with Gasteiger partial charge in [0.05, 0.1) is 17.2 Å².